The molecule has 6 heteroatoms. The van der Waals surface area contributed by atoms with E-state index in [9.17, 15) is 10.5 Å². The first-order valence-corrected chi connectivity index (χ1v) is 12.0. The van der Waals surface area contributed by atoms with E-state index in [2.05, 4.69) is 18.7 Å². The van der Waals surface area contributed by atoms with Crippen LogP contribution in [0.5, 0.6) is 5.75 Å². The predicted molar refractivity (Wildman–Crippen MR) is 143 cm³/mol. The Hall–Kier alpha value is -3.45. The van der Waals surface area contributed by atoms with Gasteiger partial charge in [0, 0.05) is 29.0 Å². The molecule has 0 radical (unpaired) electrons. The van der Waals surface area contributed by atoms with Gasteiger partial charge < -0.3 is 15.2 Å². The fourth-order valence-electron chi connectivity index (χ4n) is 2.89. The number of hydrogen-bond acceptors (Lipinski definition) is 6. The van der Waals surface area contributed by atoms with E-state index in [1.165, 1.54) is 11.8 Å². The van der Waals surface area contributed by atoms with E-state index >= 15 is 0 Å². The highest BCUT2D eigenvalue weighted by Crippen LogP contribution is 2.36. The lowest BCUT2D eigenvalue weighted by Crippen LogP contribution is -2.05. The van der Waals surface area contributed by atoms with E-state index in [4.69, 9.17) is 15.2 Å². The SMILES string of the molecule is C=C(/C=C\C=C/C)CSC(=C\CC)/C(C#N)=C(\C(C#N)=C(/C)N)c1ccc(OCCOC)cc1. The molecule has 0 fully saturated rings. The highest BCUT2D eigenvalue weighted by Gasteiger charge is 2.20. The van der Waals surface area contributed by atoms with Gasteiger partial charge in [0.1, 0.15) is 24.5 Å². The van der Waals surface area contributed by atoms with Crippen molar-refractivity contribution in [2.24, 2.45) is 5.73 Å². The monoisotopic (exact) mass is 475 g/mol. The van der Waals surface area contributed by atoms with Gasteiger partial charge in [0.05, 0.1) is 17.8 Å². The van der Waals surface area contributed by atoms with Gasteiger partial charge in [0.25, 0.3) is 0 Å². The van der Waals surface area contributed by atoms with Crippen molar-refractivity contribution < 1.29 is 9.47 Å². The summed E-state index contributed by atoms with van der Waals surface area (Å²) in [5.74, 6) is 1.28. The van der Waals surface area contributed by atoms with E-state index in [1.54, 1.807) is 14.0 Å². The maximum Gasteiger partial charge on any atom is 0.119 e. The third-order valence-corrected chi connectivity index (χ3v) is 5.70. The van der Waals surface area contributed by atoms with Gasteiger partial charge in [-0.25, -0.2) is 0 Å². The summed E-state index contributed by atoms with van der Waals surface area (Å²) in [4.78, 5) is 0.787. The summed E-state index contributed by atoms with van der Waals surface area (Å²) in [5, 5.41) is 20.1. The molecule has 0 amide bonds. The minimum Gasteiger partial charge on any atom is -0.491 e. The van der Waals surface area contributed by atoms with Gasteiger partial charge in [-0.1, -0.05) is 56.0 Å². The predicted octanol–water partition coefficient (Wildman–Crippen LogP) is 6.46. The summed E-state index contributed by atoms with van der Waals surface area (Å²) in [6.45, 7) is 10.6. The molecule has 0 aliphatic rings. The summed E-state index contributed by atoms with van der Waals surface area (Å²) in [7, 11) is 1.62. The van der Waals surface area contributed by atoms with Crippen LogP contribution in [0.25, 0.3) is 5.57 Å². The van der Waals surface area contributed by atoms with Crippen molar-refractivity contribution in [2.75, 3.05) is 26.1 Å². The van der Waals surface area contributed by atoms with Crippen molar-refractivity contribution in [3.8, 4) is 17.9 Å². The molecule has 0 aromatic heterocycles. The molecule has 0 saturated carbocycles. The number of hydrogen-bond donors (Lipinski definition) is 1. The van der Waals surface area contributed by atoms with Crippen LogP contribution >= 0.6 is 11.8 Å². The molecule has 178 valence electrons. The molecule has 5 nitrogen and oxygen atoms in total. The molecule has 1 rings (SSSR count). The summed E-state index contributed by atoms with van der Waals surface area (Å²) in [5.41, 5.74) is 9.26. The Morgan fingerprint density at radius 1 is 1.12 bits per heavy atom. The number of benzene rings is 1. The fraction of sp³-hybridized carbons (Fsp3) is 0.286. The third-order valence-electron chi connectivity index (χ3n) is 4.50. The first-order valence-electron chi connectivity index (χ1n) is 11.0. The summed E-state index contributed by atoms with van der Waals surface area (Å²) in [6, 6.07) is 11.8. The fourth-order valence-corrected chi connectivity index (χ4v) is 3.90. The zero-order valence-corrected chi connectivity index (χ0v) is 21.2. The largest absolute Gasteiger partial charge is 0.491 e. The van der Waals surface area contributed by atoms with Crippen LogP contribution in [0.4, 0.5) is 0 Å². The molecule has 0 aliphatic heterocycles. The van der Waals surface area contributed by atoms with Crippen LogP contribution < -0.4 is 10.5 Å². The van der Waals surface area contributed by atoms with Gasteiger partial charge in [-0.3, -0.25) is 0 Å². The minimum absolute atomic E-state index is 0.277. The molecule has 1 aromatic rings. The standard InChI is InChI=1S/C28H33N3O2S/c1-6-8-9-11-21(3)20-34-27(10-7-2)26(19-30)28(25(18-29)22(4)31)23-12-14-24(15-13-23)33-17-16-32-5/h6,8-15H,3,7,16-17,20,31H2,1-2,4-5H3/b8-6-,11-9-,25-22+,27-10-,28-26-. The van der Waals surface area contributed by atoms with E-state index in [-0.39, 0.29) is 5.57 Å². The van der Waals surface area contributed by atoms with Gasteiger partial charge in [0.15, 0.2) is 0 Å². The third kappa shape index (κ3) is 9.19. The Balaban J connectivity index is 3.51. The average Bonchev–Trinajstić information content (AvgIpc) is 2.83. The quantitative estimate of drug-likeness (QED) is 0.200. The lowest BCUT2D eigenvalue weighted by atomic mass is 9.92. The molecule has 0 saturated heterocycles. The molecule has 0 spiro atoms. The average molecular weight is 476 g/mol. The number of allylic oxidation sites excluding steroid dienone is 9. The van der Waals surface area contributed by atoms with Crippen LogP contribution in [-0.2, 0) is 4.74 Å². The second kappa shape index (κ2) is 16.2. The highest BCUT2D eigenvalue weighted by molar-refractivity contribution is 8.03. The maximum absolute atomic E-state index is 10.2. The van der Waals surface area contributed by atoms with Gasteiger partial charge >= 0.3 is 0 Å². The van der Waals surface area contributed by atoms with Crippen LogP contribution in [0.1, 0.15) is 32.8 Å². The van der Waals surface area contributed by atoms with Crippen LogP contribution in [0.2, 0.25) is 0 Å². The van der Waals surface area contributed by atoms with E-state index in [0.717, 1.165) is 16.9 Å². The topological polar surface area (TPSA) is 92.1 Å². The van der Waals surface area contributed by atoms with Crippen molar-refractivity contribution >= 4 is 17.3 Å². The van der Waals surface area contributed by atoms with Crippen molar-refractivity contribution in [3.05, 3.63) is 94.1 Å². The van der Waals surface area contributed by atoms with Crippen LogP contribution in [0, 0.1) is 22.7 Å². The van der Waals surface area contributed by atoms with E-state index in [0.29, 0.717) is 47.1 Å². The molecule has 1 aromatic carbocycles. The van der Waals surface area contributed by atoms with E-state index in [1.807, 2.05) is 68.5 Å². The molecular formula is C28H33N3O2S. The smallest absolute Gasteiger partial charge is 0.119 e. The molecule has 0 aliphatic carbocycles. The highest BCUT2D eigenvalue weighted by atomic mass is 32.2. The summed E-state index contributed by atoms with van der Waals surface area (Å²) >= 11 is 1.52. The minimum atomic E-state index is 0.277. The molecular weight excluding hydrogens is 442 g/mol. The number of nitrogens with zero attached hydrogens (tertiary/aromatic N) is 2. The number of nitriles is 2. The van der Waals surface area contributed by atoms with Crippen molar-refractivity contribution in [3.63, 3.8) is 0 Å². The van der Waals surface area contributed by atoms with Crippen LogP contribution in [0.3, 0.4) is 0 Å². The van der Waals surface area contributed by atoms with Crippen molar-refractivity contribution in [2.45, 2.75) is 27.2 Å². The number of nitrogens with two attached hydrogens (primary N) is 1. The molecule has 0 bridgehead atoms. The molecule has 34 heavy (non-hydrogen) atoms. The van der Waals surface area contributed by atoms with Gasteiger partial charge in [-0.2, -0.15) is 10.5 Å². The molecule has 0 heterocycles. The Morgan fingerprint density at radius 2 is 1.79 bits per heavy atom. The normalized spacial score (nSPS) is 13.3. The van der Waals surface area contributed by atoms with Crippen molar-refractivity contribution in [1.82, 2.24) is 0 Å². The lowest BCUT2D eigenvalue weighted by molar-refractivity contribution is 0.146. The van der Waals surface area contributed by atoms with Gasteiger partial charge in [-0.05, 0) is 43.5 Å². The van der Waals surface area contributed by atoms with Gasteiger partial charge in [0.2, 0.25) is 0 Å². The second-order valence-electron chi connectivity index (χ2n) is 7.21. The number of rotatable bonds is 13. The maximum atomic E-state index is 10.2. The second-order valence-corrected chi connectivity index (χ2v) is 8.22. The van der Waals surface area contributed by atoms with E-state index < -0.39 is 0 Å². The molecule has 2 N–H and O–H groups in total. The number of thioether (sulfide) groups is 1. The Bertz CT molecular complexity index is 1060. The van der Waals surface area contributed by atoms with Crippen LogP contribution in [-0.4, -0.2) is 26.1 Å². The molecule has 0 unspecified atom stereocenters. The lowest BCUT2D eigenvalue weighted by Gasteiger charge is -2.15. The number of ether oxygens (including phenoxy) is 2. The zero-order chi connectivity index (χ0) is 25.3. The molecule has 0 atom stereocenters. The number of methoxy groups -OCH3 is 1. The first kappa shape index (κ1) is 28.6. The van der Waals surface area contributed by atoms with Crippen molar-refractivity contribution in [1.29, 1.82) is 10.5 Å². The first-order chi connectivity index (χ1) is 16.4. The van der Waals surface area contributed by atoms with Gasteiger partial charge in [-0.15, -0.1) is 11.8 Å². The summed E-state index contributed by atoms with van der Waals surface area (Å²) < 4.78 is 10.7. The zero-order valence-electron chi connectivity index (χ0n) is 20.4. The Morgan fingerprint density at radius 3 is 2.32 bits per heavy atom. The summed E-state index contributed by atoms with van der Waals surface area (Å²) in [6.07, 6.45) is 10.5. The Kier molecular flexibility index (Phi) is 13.6. The Labute approximate surface area is 208 Å². The van der Waals surface area contributed by atoms with Crippen LogP contribution in [0.15, 0.2) is 88.5 Å².